The lowest BCUT2D eigenvalue weighted by Gasteiger charge is -2.21. The molecule has 0 radical (unpaired) electrons. The summed E-state index contributed by atoms with van der Waals surface area (Å²) in [6.45, 7) is 1.40. The average Bonchev–Trinajstić information content (AvgIpc) is 2.59. The fourth-order valence-electron chi connectivity index (χ4n) is 1.94. The van der Waals surface area contributed by atoms with Crippen LogP contribution in [-0.2, 0) is 6.42 Å². The standard InChI is InChI=1S/C11H15NO3/c13-9-2-1-8(5-10(9)14)6-11(15)3-4-12-7-11/h1-2,5,12-15H,3-4,6-7H2. The Morgan fingerprint density at radius 3 is 2.67 bits per heavy atom. The highest BCUT2D eigenvalue weighted by Gasteiger charge is 2.31. The van der Waals surface area contributed by atoms with Gasteiger partial charge in [-0.15, -0.1) is 0 Å². The number of benzene rings is 1. The lowest BCUT2D eigenvalue weighted by molar-refractivity contribution is 0.0618. The van der Waals surface area contributed by atoms with Gasteiger partial charge in [-0.2, -0.15) is 0 Å². The molecule has 1 aromatic carbocycles. The van der Waals surface area contributed by atoms with Crippen LogP contribution in [-0.4, -0.2) is 34.0 Å². The van der Waals surface area contributed by atoms with Crippen LogP contribution in [0.5, 0.6) is 11.5 Å². The van der Waals surface area contributed by atoms with Gasteiger partial charge in [-0.05, 0) is 30.7 Å². The summed E-state index contributed by atoms with van der Waals surface area (Å²) in [4.78, 5) is 0. The molecule has 1 aliphatic rings. The first kappa shape index (κ1) is 10.3. The second-order valence-electron chi connectivity index (χ2n) is 4.15. The van der Waals surface area contributed by atoms with Crippen molar-refractivity contribution in [3.63, 3.8) is 0 Å². The van der Waals surface area contributed by atoms with Crippen LogP contribution in [0.3, 0.4) is 0 Å². The maximum absolute atomic E-state index is 10.1. The van der Waals surface area contributed by atoms with Crippen molar-refractivity contribution in [2.24, 2.45) is 0 Å². The molecule has 15 heavy (non-hydrogen) atoms. The molecule has 1 atom stereocenters. The first-order valence-corrected chi connectivity index (χ1v) is 5.03. The third-order valence-corrected chi connectivity index (χ3v) is 2.79. The van der Waals surface area contributed by atoms with Crippen LogP contribution in [0.2, 0.25) is 0 Å². The fraction of sp³-hybridized carbons (Fsp3) is 0.455. The van der Waals surface area contributed by atoms with E-state index >= 15 is 0 Å². The van der Waals surface area contributed by atoms with Crippen LogP contribution >= 0.6 is 0 Å². The molecule has 0 saturated carbocycles. The van der Waals surface area contributed by atoms with Gasteiger partial charge in [0.2, 0.25) is 0 Å². The Kier molecular flexibility index (Phi) is 2.54. The molecule has 1 aliphatic heterocycles. The second kappa shape index (κ2) is 3.72. The van der Waals surface area contributed by atoms with Crippen LogP contribution in [0, 0.1) is 0 Å². The van der Waals surface area contributed by atoms with E-state index in [1.807, 2.05) is 0 Å². The average molecular weight is 209 g/mol. The largest absolute Gasteiger partial charge is 0.504 e. The zero-order valence-corrected chi connectivity index (χ0v) is 8.40. The van der Waals surface area contributed by atoms with Crippen molar-refractivity contribution in [1.82, 2.24) is 5.32 Å². The van der Waals surface area contributed by atoms with E-state index in [2.05, 4.69) is 5.32 Å². The number of nitrogens with one attached hydrogen (secondary N) is 1. The van der Waals surface area contributed by atoms with Gasteiger partial charge in [-0.1, -0.05) is 6.07 Å². The highest BCUT2D eigenvalue weighted by atomic mass is 16.3. The van der Waals surface area contributed by atoms with E-state index in [4.69, 9.17) is 5.11 Å². The summed E-state index contributed by atoms with van der Waals surface area (Å²) in [7, 11) is 0. The normalized spacial score (nSPS) is 25.7. The first-order chi connectivity index (χ1) is 7.09. The molecule has 0 spiro atoms. The van der Waals surface area contributed by atoms with Gasteiger partial charge >= 0.3 is 0 Å². The van der Waals surface area contributed by atoms with Crippen molar-refractivity contribution in [3.8, 4) is 11.5 Å². The highest BCUT2D eigenvalue weighted by molar-refractivity contribution is 5.41. The van der Waals surface area contributed by atoms with Gasteiger partial charge in [-0.3, -0.25) is 0 Å². The Morgan fingerprint density at radius 1 is 1.27 bits per heavy atom. The maximum Gasteiger partial charge on any atom is 0.157 e. The minimum absolute atomic E-state index is 0.129. The smallest absolute Gasteiger partial charge is 0.157 e. The molecule has 1 saturated heterocycles. The van der Waals surface area contributed by atoms with Crippen molar-refractivity contribution in [2.45, 2.75) is 18.4 Å². The Bertz CT molecular complexity index is 359. The third kappa shape index (κ3) is 2.22. The number of hydrogen-bond donors (Lipinski definition) is 4. The number of rotatable bonds is 2. The molecule has 1 heterocycles. The summed E-state index contributed by atoms with van der Waals surface area (Å²) in [5.74, 6) is -0.266. The molecule has 0 aliphatic carbocycles. The van der Waals surface area contributed by atoms with Crippen LogP contribution < -0.4 is 5.32 Å². The highest BCUT2D eigenvalue weighted by Crippen LogP contribution is 2.28. The van der Waals surface area contributed by atoms with Gasteiger partial charge in [0, 0.05) is 13.0 Å². The van der Waals surface area contributed by atoms with Gasteiger partial charge in [0.1, 0.15) is 0 Å². The number of phenolic OH excluding ortho intramolecular Hbond substituents is 2. The number of phenols is 2. The van der Waals surface area contributed by atoms with E-state index in [9.17, 15) is 10.2 Å². The Labute approximate surface area is 88.2 Å². The predicted octanol–water partition coefficient (Wildman–Crippen LogP) is 0.365. The third-order valence-electron chi connectivity index (χ3n) is 2.79. The van der Waals surface area contributed by atoms with Crippen molar-refractivity contribution in [2.75, 3.05) is 13.1 Å². The summed E-state index contributed by atoms with van der Waals surface area (Å²) in [5.41, 5.74) is 0.111. The van der Waals surface area contributed by atoms with Crippen molar-refractivity contribution < 1.29 is 15.3 Å². The molecule has 4 N–H and O–H groups in total. The molecule has 1 aromatic rings. The minimum Gasteiger partial charge on any atom is -0.504 e. The number of aliphatic hydroxyl groups is 1. The van der Waals surface area contributed by atoms with Crippen molar-refractivity contribution in [1.29, 1.82) is 0 Å². The molecule has 1 unspecified atom stereocenters. The zero-order chi connectivity index (χ0) is 10.9. The van der Waals surface area contributed by atoms with E-state index in [1.54, 1.807) is 6.07 Å². The Hall–Kier alpha value is -1.26. The Balaban J connectivity index is 2.13. The lowest BCUT2D eigenvalue weighted by atomic mass is 9.93. The van der Waals surface area contributed by atoms with Gasteiger partial charge < -0.3 is 20.6 Å². The van der Waals surface area contributed by atoms with E-state index in [-0.39, 0.29) is 11.5 Å². The summed E-state index contributed by atoms with van der Waals surface area (Å²) in [6, 6.07) is 4.65. The monoisotopic (exact) mass is 209 g/mol. The molecular formula is C11H15NO3. The summed E-state index contributed by atoms with van der Waals surface area (Å²) < 4.78 is 0. The molecule has 0 bridgehead atoms. The van der Waals surface area contributed by atoms with Gasteiger partial charge in [0.05, 0.1) is 5.60 Å². The van der Waals surface area contributed by atoms with Crippen molar-refractivity contribution >= 4 is 0 Å². The number of hydrogen-bond acceptors (Lipinski definition) is 4. The summed E-state index contributed by atoms with van der Waals surface area (Å²) >= 11 is 0. The zero-order valence-electron chi connectivity index (χ0n) is 8.40. The molecule has 4 nitrogen and oxygen atoms in total. The molecule has 2 rings (SSSR count). The van der Waals surface area contributed by atoms with Crippen LogP contribution in [0.15, 0.2) is 18.2 Å². The second-order valence-corrected chi connectivity index (χ2v) is 4.15. The SMILES string of the molecule is Oc1ccc(CC2(O)CCNC2)cc1O. The summed E-state index contributed by atoms with van der Waals surface area (Å²) in [5, 5.41) is 31.7. The lowest BCUT2D eigenvalue weighted by Crippen LogP contribution is -2.33. The summed E-state index contributed by atoms with van der Waals surface area (Å²) in [6.07, 6.45) is 1.21. The topological polar surface area (TPSA) is 72.7 Å². The number of aromatic hydroxyl groups is 2. The number of β-amino-alcohol motifs (C(OH)–C–C–N with tert-alkyl or cyclic N) is 1. The maximum atomic E-state index is 10.1. The molecule has 1 fully saturated rings. The van der Waals surface area contributed by atoms with E-state index in [0.717, 1.165) is 12.1 Å². The Morgan fingerprint density at radius 2 is 2.07 bits per heavy atom. The van der Waals surface area contributed by atoms with E-state index in [0.29, 0.717) is 19.4 Å². The fourth-order valence-corrected chi connectivity index (χ4v) is 1.94. The van der Waals surface area contributed by atoms with Crippen LogP contribution in [0.4, 0.5) is 0 Å². The molecule has 82 valence electrons. The van der Waals surface area contributed by atoms with Gasteiger partial charge in [0.25, 0.3) is 0 Å². The minimum atomic E-state index is -0.719. The van der Waals surface area contributed by atoms with Crippen molar-refractivity contribution in [3.05, 3.63) is 23.8 Å². The first-order valence-electron chi connectivity index (χ1n) is 5.03. The molecule has 4 heteroatoms. The molecule has 0 amide bonds. The van der Waals surface area contributed by atoms with Gasteiger partial charge in [0.15, 0.2) is 11.5 Å². The van der Waals surface area contributed by atoms with E-state index < -0.39 is 5.60 Å². The molecular weight excluding hydrogens is 194 g/mol. The molecule has 0 aromatic heterocycles. The predicted molar refractivity (Wildman–Crippen MR) is 55.9 cm³/mol. The van der Waals surface area contributed by atoms with Gasteiger partial charge in [-0.25, -0.2) is 0 Å². The van der Waals surface area contributed by atoms with Crippen LogP contribution in [0.25, 0.3) is 0 Å². The quantitative estimate of drug-likeness (QED) is 0.531. The van der Waals surface area contributed by atoms with Crippen LogP contribution in [0.1, 0.15) is 12.0 Å². The van der Waals surface area contributed by atoms with E-state index in [1.165, 1.54) is 12.1 Å².